The van der Waals surface area contributed by atoms with E-state index in [4.69, 9.17) is 5.11 Å². The van der Waals surface area contributed by atoms with Crippen LogP contribution in [-0.4, -0.2) is 51.8 Å². The molecule has 0 aromatic heterocycles. The second kappa shape index (κ2) is 4.75. The van der Waals surface area contributed by atoms with Crippen molar-refractivity contribution in [3.05, 3.63) is 12.2 Å². The average molecular weight is 240 g/mol. The van der Waals surface area contributed by atoms with Crippen molar-refractivity contribution >= 4 is 12.0 Å². The Balaban J connectivity index is 1.95. The number of amides is 2. The molecule has 1 saturated heterocycles. The summed E-state index contributed by atoms with van der Waals surface area (Å²) in [5.74, 6) is -1.07. The number of rotatable bonds is 2. The lowest BCUT2D eigenvalue weighted by Crippen LogP contribution is -2.48. The van der Waals surface area contributed by atoms with E-state index in [9.17, 15) is 14.7 Å². The number of carbonyl (C=O) groups is 2. The number of β-amino-alcohol motifs (C(OH)–C–C–N with tert-alkyl or cyclic N) is 1. The van der Waals surface area contributed by atoms with Crippen molar-refractivity contribution in [3.63, 3.8) is 0 Å². The summed E-state index contributed by atoms with van der Waals surface area (Å²) in [6.45, 7) is 0.0863. The maximum atomic E-state index is 11.9. The Bertz CT molecular complexity index is 347. The van der Waals surface area contributed by atoms with Gasteiger partial charge >= 0.3 is 12.0 Å². The summed E-state index contributed by atoms with van der Waals surface area (Å²) < 4.78 is 0. The van der Waals surface area contributed by atoms with Gasteiger partial charge in [-0.1, -0.05) is 12.2 Å². The minimum absolute atomic E-state index is 0.0506. The number of carboxylic acids is 1. The molecule has 0 aromatic carbocycles. The highest BCUT2D eigenvalue weighted by Gasteiger charge is 2.39. The molecule has 2 atom stereocenters. The van der Waals surface area contributed by atoms with Gasteiger partial charge in [-0.3, -0.25) is 0 Å². The highest BCUT2D eigenvalue weighted by Crippen LogP contribution is 2.19. The molecule has 1 unspecified atom stereocenters. The lowest BCUT2D eigenvalue weighted by Gasteiger charge is -2.23. The summed E-state index contributed by atoms with van der Waals surface area (Å²) in [5.41, 5.74) is 0. The lowest BCUT2D eigenvalue weighted by atomic mass is 10.2. The number of nitrogens with zero attached hydrogens (tertiary/aromatic N) is 1. The number of nitrogens with one attached hydrogen (secondary N) is 1. The maximum absolute atomic E-state index is 11.9. The molecule has 1 fully saturated rings. The van der Waals surface area contributed by atoms with Crippen LogP contribution >= 0.6 is 0 Å². The van der Waals surface area contributed by atoms with E-state index < -0.39 is 24.1 Å². The van der Waals surface area contributed by atoms with Gasteiger partial charge in [0.05, 0.1) is 6.10 Å². The monoisotopic (exact) mass is 240 g/mol. The molecule has 0 saturated carbocycles. The van der Waals surface area contributed by atoms with Crippen LogP contribution in [0.3, 0.4) is 0 Å². The Morgan fingerprint density at radius 2 is 1.94 bits per heavy atom. The second-order valence-electron chi connectivity index (χ2n) is 4.49. The van der Waals surface area contributed by atoms with Crippen molar-refractivity contribution in [2.75, 3.05) is 6.54 Å². The zero-order valence-corrected chi connectivity index (χ0v) is 9.37. The van der Waals surface area contributed by atoms with Gasteiger partial charge in [-0.15, -0.1) is 0 Å². The van der Waals surface area contributed by atoms with Gasteiger partial charge in [-0.05, 0) is 12.8 Å². The van der Waals surface area contributed by atoms with Gasteiger partial charge in [0.2, 0.25) is 0 Å². The van der Waals surface area contributed by atoms with Gasteiger partial charge in [0, 0.05) is 19.0 Å². The molecule has 0 spiro atoms. The molecule has 6 nitrogen and oxygen atoms in total. The first-order valence-corrected chi connectivity index (χ1v) is 5.71. The molecule has 6 heteroatoms. The van der Waals surface area contributed by atoms with Crippen LogP contribution in [0.25, 0.3) is 0 Å². The normalized spacial score (nSPS) is 28.6. The van der Waals surface area contributed by atoms with Crippen LogP contribution in [-0.2, 0) is 4.79 Å². The number of carboxylic acid groups (broad SMARTS) is 1. The van der Waals surface area contributed by atoms with E-state index in [-0.39, 0.29) is 19.0 Å². The quantitative estimate of drug-likeness (QED) is 0.589. The van der Waals surface area contributed by atoms with Crippen molar-refractivity contribution in [3.8, 4) is 0 Å². The average Bonchev–Trinajstić information content (AvgIpc) is 2.86. The molecule has 0 radical (unpaired) electrons. The van der Waals surface area contributed by atoms with Crippen LogP contribution in [0.5, 0.6) is 0 Å². The summed E-state index contributed by atoms with van der Waals surface area (Å²) in [5, 5.41) is 21.2. The van der Waals surface area contributed by atoms with Crippen LogP contribution in [0, 0.1) is 0 Å². The lowest BCUT2D eigenvalue weighted by molar-refractivity contribution is -0.141. The third-order valence-corrected chi connectivity index (χ3v) is 3.16. The van der Waals surface area contributed by atoms with Crippen LogP contribution in [0.15, 0.2) is 12.2 Å². The standard InChI is InChI=1S/C11H16N2O4/c14-8-5-9(10(15)16)13(6-8)11(17)12-7-3-1-2-4-7/h1-2,7-9,14H,3-6H2,(H,12,17)(H,15,16)/t8?,9-/m0/s1. The number of likely N-dealkylation sites (tertiary alicyclic amines) is 1. The number of urea groups is 1. The first kappa shape index (κ1) is 11.9. The minimum Gasteiger partial charge on any atom is -0.480 e. The van der Waals surface area contributed by atoms with Crippen molar-refractivity contribution in [1.29, 1.82) is 0 Å². The highest BCUT2D eigenvalue weighted by molar-refractivity contribution is 5.83. The summed E-state index contributed by atoms with van der Waals surface area (Å²) in [7, 11) is 0. The van der Waals surface area contributed by atoms with E-state index >= 15 is 0 Å². The van der Waals surface area contributed by atoms with E-state index in [0.717, 1.165) is 12.8 Å². The molecule has 2 rings (SSSR count). The first-order valence-electron chi connectivity index (χ1n) is 5.71. The van der Waals surface area contributed by atoms with Crippen molar-refractivity contribution < 1.29 is 19.8 Å². The van der Waals surface area contributed by atoms with Crippen LogP contribution in [0.2, 0.25) is 0 Å². The van der Waals surface area contributed by atoms with E-state index in [1.165, 1.54) is 4.90 Å². The highest BCUT2D eigenvalue weighted by atomic mass is 16.4. The first-order chi connectivity index (χ1) is 8.08. The Kier molecular flexibility index (Phi) is 3.33. The number of aliphatic hydroxyl groups is 1. The van der Waals surface area contributed by atoms with Gasteiger partial charge in [0.25, 0.3) is 0 Å². The topological polar surface area (TPSA) is 89.9 Å². The molecule has 0 bridgehead atoms. The number of aliphatic hydroxyl groups excluding tert-OH is 1. The SMILES string of the molecule is O=C(O)[C@@H]1CC(O)CN1C(=O)NC1CC=CC1. The number of aliphatic carboxylic acids is 1. The fraction of sp³-hybridized carbons (Fsp3) is 0.636. The number of carbonyl (C=O) groups excluding carboxylic acids is 1. The van der Waals surface area contributed by atoms with E-state index in [2.05, 4.69) is 5.32 Å². The van der Waals surface area contributed by atoms with Crippen molar-refractivity contribution in [1.82, 2.24) is 10.2 Å². The van der Waals surface area contributed by atoms with Gasteiger partial charge < -0.3 is 20.4 Å². The predicted molar refractivity (Wildman–Crippen MR) is 59.4 cm³/mol. The molecule has 0 aromatic rings. The molecule has 17 heavy (non-hydrogen) atoms. The third-order valence-electron chi connectivity index (χ3n) is 3.16. The second-order valence-corrected chi connectivity index (χ2v) is 4.49. The Morgan fingerprint density at radius 3 is 2.53 bits per heavy atom. The summed E-state index contributed by atoms with van der Waals surface area (Å²) in [6, 6.07) is -1.27. The molecule has 1 aliphatic heterocycles. The largest absolute Gasteiger partial charge is 0.480 e. The molecule has 3 N–H and O–H groups in total. The molecule has 1 aliphatic carbocycles. The molecule has 2 amide bonds. The van der Waals surface area contributed by atoms with E-state index in [1.54, 1.807) is 0 Å². The van der Waals surface area contributed by atoms with E-state index in [1.807, 2.05) is 12.2 Å². The Morgan fingerprint density at radius 1 is 1.29 bits per heavy atom. The number of hydrogen-bond donors (Lipinski definition) is 3. The van der Waals surface area contributed by atoms with Gasteiger partial charge in [0.15, 0.2) is 0 Å². The summed E-state index contributed by atoms with van der Waals surface area (Å²) in [4.78, 5) is 24.0. The molecule has 2 aliphatic rings. The van der Waals surface area contributed by atoms with E-state index in [0.29, 0.717) is 0 Å². The minimum atomic E-state index is -1.07. The van der Waals surface area contributed by atoms with Gasteiger partial charge in [-0.25, -0.2) is 9.59 Å². The Hall–Kier alpha value is -1.56. The summed E-state index contributed by atoms with van der Waals surface area (Å²) in [6.07, 6.45) is 4.88. The van der Waals surface area contributed by atoms with Crippen LogP contribution in [0.4, 0.5) is 4.79 Å². The van der Waals surface area contributed by atoms with Gasteiger partial charge in [0.1, 0.15) is 6.04 Å². The Labute approximate surface area is 98.9 Å². The van der Waals surface area contributed by atoms with Crippen LogP contribution < -0.4 is 5.32 Å². The molecule has 94 valence electrons. The fourth-order valence-corrected chi connectivity index (χ4v) is 2.26. The fourth-order valence-electron chi connectivity index (χ4n) is 2.26. The third kappa shape index (κ3) is 2.58. The smallest absolute Gasteiger partial charge is 0.326 e. The van der Waals surface area contributed by atoms with Crippen molar-refractivity contribution in [2.24, 2.45) is 0 Å². The maximum Gasteiger partial charge on any atom is 0.326 e. The molecular weight excluding hydrogens is 224 g/mol. The predicted octanol–water partition coefficient (Wildman–Crippen LogP) is -0.0656. The molecular formula is C11H16N2O4. The molecule has 1 heterocycles. The zero-order chi connectivity index (χ0) is 12.4. The summed E-state index contributed by atoms with van der Waals surface area (Å²) >= 11 is 0. The van der Waals surface area contributed by atoms with Crippen LogP contribution in [0.1, 0.15) is 19.3 Å². The van der Waals surface area contributed by atoms with Gasteiger partial charge in [-0.2, -0.15) is 0 Å². The zero-order valence-electron chi connectivity index (χ0n) is 9.37. The van der Waals surface area contributed by atoms with Crippen molar-refractivity contribution in [2.45, 2.75) is 37.5 Å². The number of hydrogen-bond acceptors (Lipinski definition) is 3.